The average Bonchev–Trinajstić information content (AvgIpc) is 2.80. The molecular weight excluding hydrogens is 379 g/mol. The number of halogens is 1. The van der Waals surface area contributed by atoms with Crippen molar-refractivity contribution in [3.05, 3.63) is 90.0 Å². The minimum Gasteiger partial charge on any atom is -0.337 e. The van der Waals surface area contributed by atoms with Gasteiger partial charge < -0.3 is 4.90 Å². The first-order chi connectivity index (χ1) is 14.6. The van der Waals surface area contributed by atoms with Crippen molar-refractivity contribution in [2.75, 3.05) is 13.1 Å². The summed E-state index contributed by atoms with van der Waals surface area (Å²) in [4.78, 5) is 31.2. The van der Waals surface area contributed by atoms with Crippen LogP contribution in [0.5, 0.6) is 0 Å². The monoisotopic (exact) mass is 402 g/mol. The van der Waals surface area contributed by atoms with E-state index >= 15 is 0 Å². The van der Waals surface area contributed by atoms with Crippen LogP contribution in [0.2, 0.25) is 0 Å². The number of Topliss-reactive ketones (excluding diaryl/α,β-unsaturated/α-hetero) is 1. The Morgan fingerprint density at radius 2 is 1.73 bits per heavy atom. The molecule has 1 aliphatic rings. The molecule has 1 amide bonds. The number of piperidine rings is 1. The van der Waals surface area contributed by atoms with E-state index in [-0.39, 0.29) is 23.4 Å². The van der Waals surface area contributed by atoms with Crippen LogP contribution < -0.4 is 0 Å². The minimum absolute atomic E-state index is 0.0603. The summed E-state index contributed by atoms with van der Waals surface area (Å²) in [5, 5.41) is 0. The summed E-state index contributed by atoms with van der Waals surface area (Å²) >= 11 is 0. The fourth-order valence-corrected chi connectivity index (χ4v) is 3.95. The molecule has 152 valence electrons. The van der Waals surface area contributed by atoms with Crippen LogP contribution in [0.1, 0.15) is 28.9 Å². The second kappa shape index (κ2) is 8.99. The molecule has 3 aromatic rings. The molecule has 2 heterocycles. The van der Waals surface area contributed by atoms with Crippen LogP contribution in [0.15, 0.2) is 72.9 Å². The second-order valence-electron chi connectivity index (χ2n) is 7.60. The molecular formula is C25H23FN2O2. The van der Waals surface area contributed by atoms with Crippen LogP contribution in [0.25, 0.3) is 11.1 Å². The van der Waals surface area contributed by atoms with Gasteiger partial charge in [-0.25, -0.2) is 4.39 Å². The Morgan fingerprint density at radius 1 is 0.967 bits per heavy atom. The van der Waals surface area contributed by atoms with E-state index in [4.69, 9.17) is 0 Å². The van der Waals surface area contributed by atoms with Gasteiger partial charge in [0.05, 0.1) is 0 Å². The number of likely N-dealkylation sites (tertiary alicyclic amines) is 1. The zero-order chi connectivity index (χ0) is 20.9. The van der Waals surface area contributed by atoms with Crippen LogP contribution in [0, 0.1) is 11.7 Å². The Morgan fingerprint density at radius 3 is 2.47 bits per heavy atom. The summed E-state index contributed by atoms with van der Waals surface area (Å²) in [6, 6.07) is 19.4. The number of carbonyl (C=O) groups excluding carboxylic acids is 2. The lowest BCUT2D eigenvalue weighted by Crippen LogP contribution is -2.40. The zero-order valence-electron chi connectivity index (χ0n) is 16.6. The fraction of sp³-hybridized carbons (Fsp3) is 0.240. The van der Waals surface area contributed by atoms with Crippen molar-refractivity contribution in [3.8, 4) is 11.1 Å². The molecule has 30 heavy (non-hydrogen) atoms. The van der Waals surface area contributed by atoms with E-state index < -0.39 is 0 Å². The van der Waals surface area contributed by atoms with Gasteiger partial charge in [0, 0.05) is 37.2 Å². The lowest BCUT2D eigenvalue weighted by atomic mass is 9.88. The summed E-state index contributed by atoms with van der Waals surface area (Å²) in [7, 11) is 0. The number of amides is 1. The lowest BCUT2D eigenvalue weighted by molar-refractivity contribution is -0.123. The Hall–Kier alpha value is -3.34. The number of nitrogens with zero attached hydrogens (tertiary/aromatic N) is 2. The SMILES string of the molecule is O=C(Cc1cccc(-c2ccccc2F)c1)C1CCN(C(=O)c2ccccn2)CC1. The van der Waals surface area contributed by atoms with Gasteiger partial charge in [0.25, 0.3) is 5.91 Å². The van der Waals surface area contributed by atoms with Gasteiger partial charge in [0.1, 0.15) is 17.3 Å². The number of hydrogen-bond acceptors (Lipinski definition) is 3. The second-order valence-corrected chi connectivity index (χ2v) is 7.60. The van der Waals surface area contributed by atoms with Gasteiger partial charge in [-0.15, -0.1) is 0 Å². The largest absolute Gasteiger partial charge is 0.337 e. The minimum atomic E-state index is -0.272. The maximum absolute atomic E-state index is 14.1. The third-order valence-electron chi connectivity index (χ3n) is 5.61. The highest BCUT2D eigenvalue weighted by molar-refractivity contribution is 5.92. The van der Waals surface area contributed by atoms with Crippen LogP contribution in [-0.4, -0.2) is 34.7 Å². The lowest BCUT2D eigenvalue weighted by Gasteiger charge is -2.31. The molecule has 5 heteroatoms. The normalized spacial score (nSPS) is 14.5. The summed E-state index contributed by atoms with van der Waals surface area (Å²) in [5.74, 6) is -0.245. The zero-order valence-corrected chi connectivity index (χ0v) is 16.6. The van der Waals surface area contributed by atoms with Crippen molar-refractivity contribution < 1.29 is 14.0 Å². The predicted molar refractivity (Wildman–Crippen MR) is 113 cm³/mol. The van der Waals surface area contributed by atoms with Crippen molar-refractivity contribution in [2.45, 2.75) is 19.3 Å². The molecule has 1 saturated heterocycles. The van der Waals surface area contributed by atoms with Crippen molar-refractivity contribution >= 4 is 11.7 Å². The van der Waals surface area contributed by atoms with Crippen LogP contribution in [-0.2, 0) is 11.2 Å². The van der Waals surface area contributed by atoms with E-state index in [2.05, 4.69) is 4.98 Å². The van der Waals surface area contributed by atoms with Gasteiger partial charge in [-0.1, -0.05) is 48.5 Å². The predicted octanol–water partition coefficient (Wildman–Crippen LogP) is 4.55. The molecule has 0 N–H and O–H groups in total. The van der Waals surface area contributed by atoms with Gasteiger partial charge >= 0.3 is 0 Å². The molecule has 4 rings (SSSR count). The van der Waals surface area contributed by atoms with Gasteiger partial charge in [-0.2, -0.15) is 0 Å². The van der Waals surface area contributed by atoms with E-state index in [1.807, 2.05) is 24.3 Å². The highest BCUT2D eigenvalue weighted by Crippen LogP contribution is 2.25. The van der Waals surface area contributed by atoms with E-state index in [1.54, 1.807) is 47.5 Å². The van der Waals surface area contributed by atoms with Crippen molar-refractivity contribution in [1.82, 2.24) is 9.88 Å². The third kappa shape index (κ3) is 4.46. The first kappa shape index (κ1) is 20.0. The number of hydrogen-bond donors (Lipinski definition) is 0. The molecule has 1 fully saturated rings. The smallest absolute Gasteiger partial charge is 0.272 e. The van der Waals surface area contributed by atoms with E-state index in [1.165, 1.54) is 6.07 Å². The Balaban J connectivity index is 1.37. The Labute approximate surface area is 175 Å². The first-order valence-electron chi connectivity index (χ1n) is 10.2. The standard InChI is InChI=1S/C25H23FN2O2/c26-22-9-2-1-8-21(22)20-7-5-6-18(16-20)17-24(29)19-11-14-28(15-12-19)25(30)23-10-3-4-13-27-23/h1-10,13,16,19H,11-12,14-15,17H2. The number of pyridine rings is 1. The Kier molecular flexibility index (Phi) is 5.98. The van der Waals surface area contributed by atoms with E-state index in [0.29, 0.717) is 43.6 Å². The number of rotatable bonds is 5. The summed E-state index contributed by atoms with van der Waals surface area (Å²) in [6.45, 7) is 1.11. The number of ketones is 1. The highest BCUT2D eigenvalue weighted by Gasteiger charge is 2.28. The fourth-order valence-electron chi connectivity index (χ4n) is 3.95. The molecule has 0 atom stereocenters. The number of aromatic nitrogens is 1. The Bertz CT molecular complexity index is 1040. The van der Waals surface area contributed by atoms with Crippen LogP contribution in [0.4, 0.5) is 4.39 Å². The first-order valence-corrected chi connectivity index (χ1v) is 10.2. The van der Waals surface area contributed by atoms with Gasteiger partial charge in [-0.3, -0.25) is 14.6 Å². The molecule has 1 aromatic heterocycles. The van der Waals surface area contributed by atoms with Crippen LogP contribution in [0.3, 0.4) is 0 Å². The molecule has 0 unspecified atom stereocenters. The average molecular weight is 402 g/mol. The molecule has 0 bridgehead atoms. The molecule has 0 radical (unpaired) electrons. The summed E-state index contributed by atoms with van der Waals surface area (Å²) < 4.78 is 14.1. The van der Waals surface area contributed by atoms with Gasteiger partial charge in [0.2, 0.25) is 0 Å². The molecule has 2 aromatic carbocycles. The number of benzene rings is 2. The van der Waals surface area contributed by atoms with Crippen molar-refractivity contribution in [3.63, 3.8) is 0 Å². The van der Waals surface area contributed by atoms with Gasteiger partial charge in [-0.05, 0) is 42.2 Å². The molecule has 0 spiro atoms. The topological polar surface area (TPSA) is 50.3 Å². The molecule has 0 aliphatic carbocycles. The maximum Gasteiger partial charge on any atom is 0.272 e. The van der Waals surface area contributed by atoms with Gasteiger partial charge in [0.15, 0.2) is 0 Å². The molecule has 1 aliphatic heterocycles. The quantitative estimate of drug-likeness (QED) is 0.629. The summed E-state index contributed by atoms with van der Waals surface area (Å²) in [6.07, 6.45) is 3.24. The van der Waals surface area contributed by atoms with E-state index in [9.17, 15) is 14.0 Å². The van der Waals surface area contributed by atoms with Crippen molar-refractivity contribution in [1.29, 1.82) is 0 Å². The van der Waals surface area contributed by atoms with Crippen molar-refractivity contribution in [2.24, 2.45) is 5.92 Å². The highest BCUT2D eigenvalue weighted by atomic mass is 19.1. The maximum atomic E-state index is 14.1. The number of carbonyl (C=O) groups is 2. The van der Waals surface area contributed by atoms with Crippen LogP contribution >= 0.6 is 0 Å². The molecule has 0 saturated carbocycles. The summed E-state index contributed by atoms with van der Waals surface area (Å²) in [5.41, 5.74) is 2.63. The third-order valence-corrected chi connectivity index (χ3v) is 5.61. The molecule has 4 nitrogen and oxygen atoms in total. The van der Waals surface area contributed by atoms with E-state index in [0.717, 1.165) is 11.1 Å².